The highest BCUT2D eigenvalue weighted by molar-refractivity contribution is 9.10. The van der Waals surface area contributed by atoms with E-state index < -0.39 is 0 Å². The fourth-order valence-electron chi connectivity index (χ4n) is 1.26. The summed E-state index contributed by atoms with van der Waals surface area (Å²) in [6, 6.07) is 3.82. The molecule has 1 aromatic rings. The van der Waals surface area contributed by atoms with E-state index >= 15 is 0 Å². The average Bonchev–Trinajstić information content (AvgIpc) is 2.15. The van der Waals surface area contributed by atoms with Gasteiger partial charge < -0.3 is 5.32 Å². The average molecular weight is 257 g/mol. The third-order valence-corrected chi connectivity index (χ3v) is 2.45. The van der Waals surface area contributed by atoms with E-state index in [9.17, 15) is 4.79 Å². The lowest BCUT2D eigenvalue weighted by Crippen LogP contribution is -2.25. The molecule has 76 valence electrons. The molecule has 0 aliphatic heterocycles. The third-order valence-electron chi connectivity index (χ3n) is 1.98. The lowest BCUT2D eigenvalue weighted by molar-refractivity contribution is -0.110. The number of rotatable bonds is 4. The zero-order chi connectivity index (χ0) is 10.6. The quantitative estimate of drug-likeness (QED) is 0.841. The summed E-state index contributed by atoms with van der Waals surface area (Å²) in [6.07, 6.45) is 2.45. The molecule has 0 spiro atoms. The predicted octanol–water partition coefficient (Wildman–Crippen LogP) is 2.29. The molecule has 1 unspecified atom stereocenters. The Balaban J connectivity index is 2.87. The Kier molecular flexibility index (Phi) is 4.07. The minimum atomic E-state index is -0.0133. The first kappa shape index (κ1) is 11.2. The molecule has 1 heterocycles. The van der Waals surface area contributed by atoms with E-state index in [1.165, 1.54) is 0 Å². The highest BCUT2D eigenvalue weighted by Gasteiger charge is 2.15. The number of amides is 1. The van der Waals surface area contributed by atoms with Crippen LogP contribution in [-0.4, -0.2) is 11.4 Å². The number of hydrogen-bond acceptors (Lipinski definition) is 2. The molecule has 1 atom stereocenters. The zero-order valence-electron chi connectivity index (χ0n) is 8.20. The Bertz CT molecular complexity index is 297. The van der Waals surface area contributed by atoms with E-state index in [-0.39, 0.29) is 6.04 Å². The van der Waals surface area contributed by atoms with Crippen molar-refractivity contribution in [2.75, 3.05) is 0 Å². The maximum atomic E-state index is 10.4. The minimum absolute atomic E-state index is 0.0133. The number of carbonyl (C=O) groups excluding carboxylic acids is 1. The van der Waals surface area contributed by atoms with Crippen LogP contribution in [0.15, 0.2) is 22.8 Å². The van der Waals surface area contributed by atoms with E-state index in [1.807, 2.05) is 26.0 Å². The highest BCUT2D eigenvalue weighted by atomic mass is 79.9. The lowest BCUT2D eigenvalue weighted by Gasteiger charge is -2.19. The zero-order valence-corrected chi connectivity index (χ0v) is 9.78. The Morgan fingerprint density at radius 2 is 2.21 bits per heavy atom. The van der Waals surface area contributed by atoms with Crippen LogP contribution in [0.1, 0.15) is 25.6 Å². The normalized spacial score (nSPS) is 12.6. The van der Waals surface area contributed by atoms with Gasteiger partial charge in [0, 0.05) is 10.7 Å². The number of halogens is 1. The van der Waals surface area contributed by atoms with Crippen molar-refractivity contribution in [1.29, 1.82) is 0 Å². The van der Waals surface area contributed by atoms with Gasteiger partial charge in [-0.25, -0.2) is 0 Å². The van der Waals surface area contributed by atoms with Crippen LogP contribution in [0.2, 0.25) is 0 Å². The SMILES string of the molecule is CC(C)C(NC=O)c1ccc(Br)cn1. The van der Waals surface area contributed by atoms with Crippen molar-refractivity contribution in [3.63, 3.8) is 0 Å². The van der Waals surface area contributed by atoms with Gasteiger partial charge in [-0.05, 0) is 34.0 Å². The number of nitrogens with zero attached hydrogens (tertiary/aromatic N) is 1. The Morgan fingerprint density at radius 3 is 2.64 bits per heavy atom. The summed E-state index contributed by atoms with van der Waals surface area (Å²) >= 11 is 3.32. The van der Waals surface area contributed by atoms with Crippen molar-refractivity contribution in [3.8, 4) is 0 Å². The van der Waals surface area contributed by atoms with Gasteiger partial charge in [-0.15, -0.1) is 0 Å². The molecule has 0 aromatic carbocycles. The van der Waals surface area contributed by atoms with Crippen molar-refractivity contribution in [3.05, 3.63) is 28.5 Å². The first-order chi connectivity index (χ1) is 6.65. The first-order valence-corrected chi connectivity index (χ1v) is 5.25. The molecule has 1 rings (SSSR count). The largest absolute Gasteiger partial charge is 0.350 e. The molecule has 0 aliphatic rings. The Hall–Kier alpha value is -0.900. The van der Waals surface area contributed by atoms with Crippen LogP contribution in [0.25, 0.3) is 0 Å². The summed E-state index contributed by atoms with van der Waals surface area (Å²) in [7, 11) is 0. The molecule has 1 N–H and O–H groups in total. The highest BCUT2D eigenvalue weighted by Crippen LogP contribution is 2.20. The van der Waals surface area contributed by atoms with Gasteiger partial charge in [0.15, 0.2) is 0 Å². The molecule has 0 radical (unpaired) electrons. The third kappa shape index (κ3) is 2.80. The van der Waals surface area contributed by atoms with Gasteiger partial charge >= 0.3 is 0 Å². The molecule has 0 bridgehead atoms. The van der Waals surface area contributed by atoms with Crippen molar-refractivity contribution < 1.29 is 4.79 Å². The Morgan fingerprint density at radius 1 is 1.50 bits per heavy atom. The second-order valence-electron chi connectivity index (χ2n) is 3.41. The maximum absolute atomic E-state index is 10.4. The molecule has 0 saturated heterocycles. The lowest BCUT2D eigenvalue weighted by atomic mass is 10.0. The fourth-order valence-corrected chi connectivity index (χ4v) is 1.50. The van der Waals surface area contributed by atoms with Crippen LogP contribution in [-0.2, 0) is 4.79 Å². The van der Waals surface area contributed by atoms with Gasteiger partial charge in [-0.2, -0.15) is 0 Å². The number of aromatic nitrogens is 1. The van der Waals surface area contributed by atoms with Gasteiger partial charge in [0.05, 0.1) is 11.7 Å². The van der Waals surface area contributed by atoms with Crippen LogP contribution < -0.4 is 5.32 Å². The second-order valence-corrected chi connectivity index (χ2v) is 4.32. The van der Waals surface area contributed by atoms with Crippen LogP contribution in [0.4, 0.5) is 0 Å². The summed E-state index contributed by atoms with van der Waals surface area (Å²) < 4.78 is 0.940. The van der Waals surface area contributed by atoms with Crippen molar-refractivity contribution >= 4 is 22.3 Å². The molecule has 0 saturated carbocycles. The van der Waals surface area contributed by atoms with E-state index in [4.69, 9.17) is 0 Å². The van der Waals surface area contributed by atoms with Gasteiger partial charge in [0.25, 0.3) is 0 Å². The molecule has 1 aromatic heterocycles. The predicted molar refractivity (Wildman–Crippen MR) is 58.7 cm³/mol. The van der Waals surface area contributed by atoms with Crippen LogP contribution in [0, 0.1) is 5.92 Å². The van der Waals surface area contributed by atoms with Gasteiger partial charge in [0.1, 0.15) is 0 Å². The van der Waals surface area contributed by atoms with E-state index in [0.29, 0.717) is 12.3 Å². The summed E-state index contributed by atoms with van der Waals surface area (Å²) in [5.41, 5.74) is 0.885. The van der Waals surface area contributed by atoms with Gasteiger partial charge in [-0.1, -0.05) is 13.8 Å². The summed E-state index contributed by atoms with van der Waals surface area (Å²) in [6.45, 7) is 4.09. The molecular weight excluding hydrogens is 244 g/mol. The molecule has 1 amide bonds. The van der Waals surface area contributed by atoms with Gasteiger partial charge in [0.2, 0.25) is 6.41 Å². The van der Waals surface area contributed by atoms with Crippen LogP contribution >= 0.6 is 15.9 Å². The summed E-state index contributed by atoms with van der Waals surface area (Å²) in [5.74, 6) is 0.328. The smallest absolute Gasteiger partial charge is 0.207 e. The van der Waals surface area contributed by atoms with Crippen LogP contribution in [0.5, 0.6) is 0 Å². The topological polar surface area (TPSA) is 42.0 Å². The van der Waals surface area contributed by atoms with E-state index in [0.717, 1.165) is 10.2 Å². The van der Waals surface area contributed by atoms with E-state index in [1.54, 1.807) is 6.20 Å². The summed E-state index contributed by atoms with van der Waals surface area (Å²) in [5, 5.41) is 2.76. The molecule has 0 fully saturated rings. The molecular formula is C10H13BrN2O. The van der Waals surface area contributed by atoms with Crippen LogP contribution in [0.3, 0.4) is 0 Å². The maximum Gasteiger partial charge on any atom is 0.207 e. The standard InChI is InChI=1S/C10H13BrN2O/c1-7(2)10(13-6-14)9-4-3-8(11)5-12-9/h3-7,10H,1-2H3,(H,13,14). The summed E-state index contributed by atoms with van der Waals surface area (Å²) in [4.78, 5) is 14.7. The number of hydrogen-bond donors (Lipinski definition) is 1. The molecule has 14 heavy (non-hydrogen) atoms. The Labute approximate surface area is 92.1 Å². The first-order valence-electron chi connectivity index (χ1n) is 4.46. The van der Waals surface area contributed by atoms with E-state index in [2.05, 4.69) is 26.2 Å². The number of pyridine rings is 1. The molecule has 3 nitrogen and oxygen atoms in total. The minimum Gasteiger partial charge on any atom is -0.350 e. The van der Waals surface area contributed by atoms with Crippen molar-refractivity contribution in [1.82, 2.24) is 10.3 Å². The monoisotopic (exact) mass is 256 g/mol. The second kappa shape index (κ2) is 5.10. The fraction of sp³-hybridized carbons (Fsp3) is 0.400. The number of carbonyl (C=O) groups is 1. The van der Waals surface area contributed by atoms with Crippen molar-refractivity contribution in [2.45, 2.75) is 19.9 Å². The molecule has 0 aliphatic carbocycles. The van der Waals surface area contributed by atoms with Crippen molar-refractivity contribution in [2.24, 2.45) is 5.92 Å². The molecule has 4 heteroatoms. The number of nitrogens with one attached hydrogen (secondary N) is 1. The van der Waals surface area contributed by atoms with Gasteiger partial charge in [-0.3, -0.25) is 9.78 Å².